The molecule has 180 valence electrons. The number of rotatable bonds is 11. The molecule has 2 rings (SSSR count). The van der Waals surface area contributed by atoms with E-state index in [1.165, 1.54) is 0 Å². The van der Waals surface area contributed by atoms with Crippen molar-refractivity contribution < 1.29 is 23.5 Å². The second-order valence-electron chi connectivity index (χ2n) is 10.8. The molecule has 5 nitrogen and oxygen atoms in total. The number of allylic oxidation sites excluding steroid dienone is 1. The second-order valence-corrected chi connectivity index (χ2v) is 15.6. The SMILES string of the molecule is C=C(C)[C@@H](CCO)Cc1oc(/C=C(\C)C[C@@H]2CCC(=O)O2)cc1CO[Si](C)(C)C(C)(C)C. The topological polar surface area (TPSA) is 68.9 Å². The van der Waals surface area contributed by atoms with Crippen molar-refractivity contribution in [1.29, 1.82) is 0 Å². The van der Waals surface area contributed by atoms with E-state index >= 15 is 0 Å². The van der Waals surface area contributed by atoms with Crippen LogP contribution in [0.4, 0.5) is 0 Å². The number of carbonyl (C=O) groups excluding carboxylic acids is 1. The van der Waals surface area contributed by atoms with E-state index in [9.17, 15) is 9.90 Å². The lowest BCUT2D eigenvalue weighted by Crippen LogP contribution is -2.40. The molecule has 1 aromatic heterocycles. The van der Waals surface area contributed by atoms with Crippen LogP contribution in [0, 0.1) is 5.92 Å². The van der Waals surface area contributed by atoms with Crippen molar-refractivity contribution in [2.24, 2.45) is 5.92 Å². The van der Waals surface area contributed by atoms with E-state index in [1.807, 2.05) is 19.9 Å². The summed E-state index contributed by atoms with van der Waals surface area (Å²) in [5, 5.41) is 9.61. The van der Waals surface area contributed by atoms with Crippen LogP contribution in [0.5, 0.6) is 0 Å². The molecule has 2 heterocycles. The van der Waals surface area contributed by atoms with Crippen molar-refractivity contribution in [3.05, 3.63) is 40.9 Å². The first-order chi connectivity index (χ1) is 14.8. The van der Waals surface area contributed by atoms with Gasteiger partial charge in [-0.05, 0) is 62.9 Å². The normalized spacial score (nSPS) is 18.7. The third-order valence-corrected chi connectivity index (χ3v) is 11.3. The van der Waals surface area contributed by atoms with Gasteiger partial charge in [-0.2, -0.15) is 0 Å². The van der Waals surface area contributed by atoms with Gasteiger partial charge in [-0.3, -0.25) is 4.79 Å². The fraction of sp³-hybridized carbons (Fsp3) is 0.654. The Bertz CT molecular complexity index is 828. The number of furan rings is 1. The van der Waals surface area contributed by atoms with E-state index in [-0.39, 0.29) is 29.6 Å². The van der Waals surface area contributed by atoms with Crippen molar-refractivity contribution in [2.75, 3.05) is 6.61 Å². The summed E-state index contributed by atoms with van der Waals surface area (Å²) >= 11 is 0. The zero-order valence-electron chi connectivity index (χ0n) is 21.0. The van der Waals surface area contributed by atoms with E-state index in [0.29, 0.717) is 25.9 Å². The summed E-state index contributed by atoms with van der Waals surface area (Å²) in [5.41, 5.74) is 3.22. The molecule has 1 N–H and O–H groups in total. The average molecular weight is 463 g/mol. The Kier molecular flexibility index (Phi) is 9.14. The number of ether oxygens (including phenoxy) is 1. The van der Waals surface area contributed by atoms with Gasteiger partial charge in [0.15, 0.2) is 8.32 Å². The molecule has 0 aromatic carbocycles. The maximum Gasteiger partial charge on any atom is 0.306 e. The number of carbonyl (C=O) groups is 1. The van der Waals surface area contributed by atoms with Crippen LogP contribution in [0.25, 0.3) is 6.08 Å². The van der Waals surface area contributed by atoms with Gasteiger partial charge in [0.2, 0.25) is 0 Å². The van der Waals surface area contributed by atoms with Gasteiger partial charge < -0.3 is 18.7 Å². The maximum atomic E-state index is 11.4. The third-order valence-electron chi connectivity index (χ3n) is 6.82. The van der Waals surface area contributed by atoms with Gasteiger partial charge in [-0.25, -0.2) is 0 Å². The highest BCUT2D eigenvalue weighted by Crippen LogP contribution is 2.38. The largest absolute Gasteiger partial charge is 0.462 e. The standard InChI is InChI=1S/C26H42O5Si/c1-18(2)20(11-12-27)16-24-21(17-29-32(7,8)26(4,5)6)15-23(30-24)14-19(3)13-22-9-10-25(28)31-22/h14-15,20,22,27H,1,9-13,16-17H2,2-8H3/b19-14+/t20-,22-/m0/s1. The van der Waals surface area contributed by atoms with Crippen molar-refractivity contribution in [3.63, 3.8) is 0 Å². The van der Waals surface area contributed by atoms with Crippen LogP contribution >= 0.6 is 0 Å². The smallest absolute Gasteiger partial charge is 0.306 e. The summed E-state index contributed by atoms with van der Waals surface area (Å²) in [7, 11) is -1.90. The second kappa shape index (κ2) is 11.0. The van der Waals surface area contributed by atoms with Crippen LogP contribution < -0.4 is 0 Å². The van der Waals surface area contributed by atoms with Crippen LogP contribution in [0.3, 0.4) is 0 Å². The third kappa shape index (κ3) is 7.46. The number of esters is 1. The molecule has 0 bridgehead atoms. The molecule has 2 atom stereocenters. The summed E-state index contributed by atoms with van der Waals surface area (Å²) in [6.07, 6.45) is 5.36. The zero-order valence-corrected chi connectivity index (χ0v) is 22.0. The Balaban J connectivity index is 2.24. The van der Waals surface area contributed by atoms with Crippen molar-refractivity contribution in [3.8, 4) is 0 Å². The van der Waals surface area contributed by atoms with Crippen molar-refractivity contribution in [1.82, 2.24) is 0 Å². The highest BCUT2D eigenvalue weighted by molar-refractivity contribution is 6.74. The summed E-state index contributed by atoms with van der Waals surface area (Å²) in [6, 6.07) is 2.07. The Hall–Kier alpha value is -1.63. The zero-order chi connectivity index (χ0) is 24.1. The molecule has 0 amide bonds. The van der Waals surface area contributed by atoms with Crippen LogP contribution in [-0.4, -0.2) is 32.1 Å². The van der Waals surface area contributed by atoms with Crippen LogP contribution in [0.1, 0.15) is 77.4 Å². The van der Waals surface area contributed by atoms with E-state index in [2.05, 4.69) is 46.5 Å². The molecule has 0 aliphatic carbocycles. The highest BCUT2D eigenvalue weighted by atomic mass is 28.4. The Morgan fingerprint density at radius 1 is 1.38 bits per heavy atom. The van der Waals surface area contributed by atoms with Gasteiger partial charge in [0.05, 0.1) is 6.61 Å². The maximum absolute atomic E-state index is 11.4. The molecule has 0 radical (unpaired) electrons. The monoisotopic (exact) mass is 462 g/mol. The first-order valence-corrected chi connectivity index (χ1v) is 14.6. The highest BCUT2D eigenvalue weighted by Gasteiger charge is 2.37. The summed E-state index contributed by atoms with van der Waals surface area (Å²) in [4.78, 5) is 11.4. The fourth-order valence-corrected chi connectivity index (χ4v) is 4.57. The lowest BCUT2D eigenvalue weighted by molar-refractivity contribution is -0.141. The minimum atomic E-state index is -1.90. The summed E-state index contributed by atoms with van der Waals surface area (Å²) in [5.74, 6) is 1.74. The molecule has 0 unspecified atom stereocenters. The molecule has 1 saturated heterocycles. The van der Waals surface area contributed by atoms with Gasteiger partial charge in [-0.15, -0.1) is 0 Å². The van der Waals surface area contributed by atoms with Gasteiger partial charge in [-0.1, -0.05) is 38.5 Å². The number of hydrogen-bond donors (Lipinski definition) is 1. The van der Waals surface area contributed by atoms with Gasteiger partial charge in [0.25, 0.3) is 0 Å². The van der Waals surface area contributed by atoms with E-state index in [4.69, 9.17) is 13.6 Å². The first-order valence-electron chi connectivity index (χ1n) is 11.7. The minimum absolute atomic E-state index is 0.0353. The molecule has 1 aliphatic heterocycles. The minimum Gasteiger partial charge on any atom is -0.462 e. The van der Waals surface area contributed by atoms with Crippen molar-refractivity contribution >= 4 is 20.4 Å². The Labute approximate surface area is 195 Å². The molecule has 0 saturated carbocycles. The quantitative estimate of drug-likeness (QED) is 0.233. The van der Waals surface area contributed by atoms with Gasteiger partial charge in [0, 0.05) is 31.4 Å². The molecular formula is C26H42O5Si. The summed E-state index contributed by atoms with van der Waals surface area (Å²) in [6.45, 7) is 20.0. The van der Waals surface area contributed by atoms with Crippen LogP contribution in [0.2, 0.25) is 18.1 Å². The molecule has 1 aromatic rings. The summed E-state index contributed by atoms with van der Waals surface area (Å²) < 4.78 is 18.1. The van der Waals surface area contributed by atoms with E-state index < -0.39 is 8.32 Å². The number of aliphatic hydroxyl groups excluding tert-OH is 1. The molecular weight excluding hydrogens is 420 g/mol. The molecule has 32 heavy (non-hydrogen) atoms. The average Bonchev–Trinajstić information content (AvgIpc) is 3.24. The Morgan fingerprint density at radius 2 is 2.06 bits per heavy atom. The van der Waals surface area contributed by atoms with Gasteiger partial charge >= 0.3 is 5.97 Å². The lowest BCUT2D eigenvalue weighted by Gasteiger charge is -2.36. The van der Waals surface area contributed by atoms with E-state index in [0.717, 1.165) is 41.1 Å². The Morgan fingerprint density at radius 3 is 2.59 bits per heavy atom. The predicted molar refractivity (Wildman–Crippen MR) is 132 cm³/mol. The number of cyclic esters (lactones) is 1. The molecule has 6 heteroatoms. The molecule has 0 spiro atoms. The van der Waals surface area contributed by atoms with Gasteiger partial charge in [0.1, 0.15) is 17.6 Å². The number of hydrogen-bond acceptors (Lipinski definition) is 5. The number of aliphatic hydroxyl groups is 1. The fourth-order valence-electron chi connectivity index (χ4n) is 3.62. The first kappa shape index (κ1) is 26.6. The lowest BCUT2D eigenvalue weighted by atomic mass is 9.92. The van der Waals surface area contributed by atoms with E-state index in [1.54, 1.807) is 0 Å². The molecule has 1 fully saturated rings. The predicted octanol–water partition coefficient (Wildman–Crippen LogP) is 6.42. The van der Waals surface area contributed by atoms with Crippen LogP contribution in [0.15, 0.2) is 28.2 Å². The van der Waals surface area contributed by atoms with Crippen LogP contribution in [-0.2, 0) is 27.0 Å². The molecule has 1 aliphatic rings. The van der Waals surface area contributed by atoms with Crippen molar-refractivity contribution in [2.45, 2.75) is 97.6 Å².